The molecule has 3 rings (SSSR count). The molecule has 3 amide bonds. The molecule has 10 heteroatoms. The minimum Gasteiger partial charge on any atom is -0.339 e. The van der Waals surface area contributed by atoms with Crippen molar-refractivity contribution in [2.24, 2.45) is 5.73 Å². The van der Waals surface area contributed by atoms with Crippen LogP contribution in [0.1, 0.15) is 27.0 Å². The molecule has 7 N–H and O–H groups in total. The van der Waals surface area contributed by atoms with Crippen molar-refractivity contribution in [1.82, 2.24) is 16.1 Å². The number of nitrogens with one attached hydrogen (secondary N) is 4. The highest BCUT2D eigenvalue weighted by Crippen LogP contribution is 2.09. The standard InChI is InChI=1S/C29H26FN5O4/c30-25-8-4-3-7-23(25)18-32-19-27(36)33-24-15-11-21(12-16-24)6-2-1-5-20-9-13-22(14-10-20)28(37)34-26(17-31)29(38)35-39/h3-4,7-16,26,32,39H,17-19,31H2,(H,33,36)(H,34,37)(H,35,38)/t26-/m0/s1. The molecule has 3 aromatic carbocycles. The first-order valence-electron chi connectivity index (χ1n) is 11.8. The maximum absolute atomic E-state index is 13.6. The molecule has 3 aromatic rings. The summed E-state index contributed by atoms with van der Waals surface area (Å²) in [6.45, 7) is 0.107. The van der Waals surface area contributed by atoms with Gasteiger partial charge in [0.15, 0.2) is 0 Å². The van der Waals surface area contributed by atoms with Gasteiger partial charge in [-0.1, -0.05) is 30.0 Å². The molecule has 9 nitrogen and oxygen atoms in total. The maximum Gasteiger partial charge on any atom is 0.267 e. The van der Waals surface area contributed by atoms with Crippen LogP contribution in [0.2, 0.25) is 0 Å². The molecule has 0 aromatic heterocycles. The van der Waals surface area contributed by atoms with E-state index in [4.69, 9.17) is 10.9 Å². The van der Waals surface area contributed by atoms with Gasteiger partial charge in [0.2, 0.25) is 5.91 Å². The molecule has 0 fully saturated rings. The van der Waals surface area contributed by atoms with E-state index >= 15 is 0 Å². The quantitative estimate of drug-likeness (QED) is 0.141. The van der Waals surface area contributed by atoms with E-state index in [1.165, 1.54) is 11.5 Å². The van der Waals surface area contributed by atoms with Crippen molar-refractivity contribution in [1.29, 1.82) is 0 Å². The third-order valence-corrected chi connectivity index (χ3v) is 5.32. The SMILES string of the molecule is NC[C@H](NC(=O)c1ccc(C#CC#Cc2ccc(NC(=O)CNCc3ccccc3F)cc2)cc1)C(=O)NO. The molecule has 39 heavy (non-hydrogen) atoms. The van der Waals surface area contributed by atoms with E-state index in [0.29, 0.717) is 27.9 Å². The Labute approximate surface area is 224 Å². The van der Waals surface area contributed by atoms with Crippen molar-refractivity contribution in [2.75, 3.05) is 18.4 Å². The fraction of sp³-hybridized carbons (Fsp3) is 0.138. The Morgan fingerprint density at radius 1 is 0.897 bits per heavy atom. The Kier molecular flexibility index (Phi) is 10.7. The summed E-state index contributed by atoms with van der Waals surface area (Å²) in [6, 6.07) is 18.6. The second-order valence-electron chi connectivity index (χ2n) is 8.14. The molecule has 1 atom stereocenters. The highest BCUT2D eigenvalue weighted by atomic mass is 19.1. The second kappa shape index (κ2) is 14.7. The first-order chi connectivity index (χ1) is 18.9. The molecule has 0 saturated carbocycles. The highest BCUT2D eigenvalue weighted by molar-refractivity contribution is 5.97. The molecule has 0 aliphatic carbocycles. The van der Waals surface area contributed by atoms with Crippen molar-refractivity contribution in [3.8, 4) is 23.7 Å². The Morgan fingerprint density at radius 2 is 1.51 bits per heavy atom. The van der Waals surface area contributed by atoms with Crippen LogP contribution in [0, 0.1) is 29.5 Å². The van der Waals surface area contributed by atoms with Crippen LogP contribution in [-0.2, 0) is 16.1 Å². The lowest BCUT2D eigenvalue weighted by Crippen LogP contribution is -2.50. The Balaban J connectivity index is 1.47. The number of amides is 3. The van der Waals surface area contributed by atoms with E-state index < -0.39 is 17.9 Å². The zero-order chi connectivity index (χ0) is 28.0. The number of nitrogens with two attached hydrogens (primary N) is 1. The highest BCUT2D eigenvalue weighted by Gasteiger charge is 2.19. The molecule has 0 aliphatic heterocycles. The number of rotatable bonds is 9. The summed E-state index contributed by atoms with van der Waals surface area (Å²) in [7, 11) is 0. The summed E-state index contributed by atoms with van der Waals surface area (Å²) < 4.78 is 13.6. The second-order valence-corrected chi connectivity index (χ2v) is 8.14. The monoisotopic (exact) mass is 527 g/mol. The smallest absolute Gasteiger partial charge is 0.267 e. The predicted octanol–water partition coefficient (Wildman–Crippen LogP) is 1.52. The van der Waals surface area contributed by atoms with E-state index in [9.17, 15) is 18.8 Å². The number of carbonyl (C=O) groups excluding carboxylic acids is 3. The van der Waals surface area contributed by atoms with Crippen LogP contribution in [0.15, 0.2) is 72.8 Å². The molecule has 0 unspecified atom stereocenters. The number of halogens is 1. The summed E-state index contributed by atoms with van der Waals surface area (Å²) in [5, 5.41) is 16.8. The summed E-state index contributed by atoms with van der Waals surface area (Å²) in [6.07, 6.45) is 0. The first kappa shape index (κ1) is 28.6. The Bertz CT molecular complexity index is 1430. The van der Waals surface area contributed by atoms with Crippen LogP contribution < -0.4 is 27.2 Å². The molecule has 0 spiro atoms. The molecular formula is C29H26FN5O4. The van der Waals surface area contributed by atoms with E-state index in [1.54, 1.807) is 66.7 Å². The number of hydrogen-bond acceptors (Lipinski definition) is 6. The van der Waals surface area contributed by atoms with Crippen LogP contribution in [-0.4, -0.2) is 42.1 Å². The van der Waals surface area contributed by atoms with Crippen molar-refractivity contribution in [2.45, 2.75) is 12.6 Å². The van der Waals surface area contributed by atoms with E-state index in [1.807, 2.05) is 0 Å². The zero-order valence-corrected chi connectivity index (χ0v) is 20.8. The van der Waals surface area contributed by atoms with Gasteiger partial charge in [0.05, 0.1) is 6.54 Å². The van der Waals surface area contributed by atoms with Gasteiger partial charge < -0.3 is 21.7 Å². The topological polar surface area (TPSA) is 146 Å². The predicted molar refractivity (Wildman–Crippen MR) is 144 cm³/mol. The van der Waals surface area contributed by atoms with Gasteiger partial charge >= 0.3 is 0 Å². The molecule has 0 saturated heterocycles. The van der Waals surface area contributed by atoms with Gasteiger partial charge in [0.1, 0.15) is 11.9 Å². The van der Waals surface area contributed by atoms with Crippen molar-refractivity contribution < 1.29 is 24.0 Å². The van der Waals surface area contributed by atoms with Gasteiger partial charge in [0, 0.05) is 41.0 Å². The number of benzene rings is 3. The normalized spacial score (nSPS) is 10.6. The van der Waals surface area contributed by atoms with Gasteiger partial charge in [-0.15, -0.1) is 0 Å². The molecule has 198 valence electrons. The number of anilines is 1. The Morgan fingerprint density at radius 3 is 2.10 bits per heavy atom. The fourth-order valence-electron chi connectivity index (χ4n) is 3.26. The minimum atomic E-state index is -1.06. The molecule has 0 radical (unpaired) electrons. The summed E-state index contributed by atoms with van der Waals surface area (Å²) >= 11 is 0. The minimum absolute atomic E-state index is 0.0339. The molecule has 0 bridgehead atoms. The first-order valence-corrected chi connectivity index (χ1v) is 11.8. The average molecular weight is 528 g/mol. The van der Waals surface area contributed by atoms with Gasteiger partial charge in [-0.3, -0.25) is 19.6 Å². The Hall–Kier alpha value is -5.00. The van der Waals surface area contributed by atoms with Crippen LogP contribution in [0.3, 0.4) is 0 Å². The van der Waals surface area contributed by atoms with Gasteiger partial charge in [-0.25, -0.2) is 9.87 Å². The van der Waals surface area contributed by atoms with Crippen molar-refractivity contribution >= 4 is 23.4 Å². The number of hydrogen-bond donors (Lipinski definition) is 6. The van der Waals surface area contributed by atoms with Crippen LogP contribution in [0.4, 0.5) is 10.1 Å². The van der Waals surface area contributed by atoms with E-state index in [2.05, 4.69) is 39.6 Å². The van der Waals surface area contributed by atoms with Gasteiger partial charge in [-0.2, -0.15) is 0 Å². The molecule has 0 heterocycles. The summed E-state index contributed by atoms with van der Waals surface area (Å²) in [5.74, 6) is 9.36. The van der Waals surface area contributed by atoms with Crippen LogP contribution in [0.5, 0.6) is 0 Å². The van der Waals surface area contributed by atoms with Gasteiger partial charge in [0.25, 0.3) is 11.8 Å². The lowest BCUT2D eigenvalue weighted by atomic mass is 10.1. The van der Waals surface area contributed by atoms with Crippen LogP contribution >= 0.6 is 0 Å². The van der Waals surface area contributed by atoms with Crippen LogP contribution in [0.25, 0.3) is 0 Å². The maximum atomic E-state index is 13.6. The number of hydroxylamine groups is 1. The largest absolute Gasteiger partial charge is 0.339 e. The van der Waals surface area contributed by atoms with Crippen molar-refractivity contribution in [3.63, 3.8) is 0 Å². The molecular weight excluding hydrogens is 501 g/mol. The summed E-state index contributed by atoms with van der Waals surface area (Å²) in [5.41, 5.74) is 9.60. The van der Waals surface area contributed by atoms with E-state index in [-0.39, 0.29) is 31.4 Å². The number of carbonyl (C=O) groups is 3. The zero-order valence-electron chi connectivity index (χ0n) is 20.8. The lowest BCUT2D eigenvalue weighted by Gasteiger charge is -2.14. The van der Waals surface area contributed by atoms with Gasteiger partial charge in [-0.05, 0) is 66.4 Å². The summed E-state index contributed by atoms with van der Waals surface area (Å²) in [4.78, 5) is 35.8. The van der Waals surface area contributed by atoms with Crippen molar-refractivity contribution in [3.05, 3.63) is 101 Å². The average Bonchev–Trinajstić information content (AvgIpc) is 2.95. The fourth-order valence-corrected chi connectivity index (χ4v) is 3.26. The third-order valence-electron chi connectivity index (χ3n) is 5.32. The molecule has 0 aliphatic rings. The van der Waals surface area contributed by atoms with E-state index in [0.717, 1.165) is 0 Å². The third kappa shape index (κ3) is 9.11. The lowest BCUT2D eigenvalue weighted by molar-refractivity contribution is -0.130.